The monoisotopic (exact) mass is 981 g/mol. The lowest BCUT2D eigenvalue weighted by Gasteiger charge is -2.32. The normalized spacial score (nSPS) is 13.0. The van der Waals surface area contributed by atoms with Crippen molar-refractivity contribution in [2.24, 2.45) is 47.3 Å². The largest absolute Gasteiger partial charge is 0.463 e. The maximum absolute atomic E-state index is 12.5. The Balaban J connectivity index is -0.000000284. The van der Waals surface area contributed by atoms with Crippen LogP contribution in [-0.2, 0) is 76.4 Å². The minimum Gasteiger partial charge on any atom is -0.463 e. The first kappa shape index (κ1) is 68.8. The molecule has 0 radical (unpaired) electrons. The van der Waals surface area contributed by atoms with Crippen LogP contribution < -0.4 is 0 Å². The van der Waals surface area contributed by atoms with Gasteiger partial charge in [0.05, 0.1) is 42.3 Å². The summed E-state index contributed by atoms with van der Waals surface area (Å²) in [6.07, 6.45) is 2.54. The second kappa shape index (κ2) is 44.0. The second-order valence-electron chi connectivity index (χ2n) is 15.4. The van der Waals surface area contributed by atoms with Gasteiger partial charge in [-0.3, -0.25) is 24.0 Å². The van der Waals surface area contributed by atoms with E-state index in [1.165, 1.54) is 19.6 Å². The average Bonchev–Trinajstić information content (AvgIpc) is 3.22. The number of carbonyl (C=O) groups excluding carboxylic acids is 10. The SMILES string of the molecule is C=CC(=O)OCCOC(=O)C(CC)C(C(C)C)C(C)C(=O)OC(C)C.CCC(C(=O)OCCOC(=O)CCBr)C(C(C)C)C(C)C(=O)OC(C)C.CCN(CC)CC.O=C=O.O=C=O. The fourth-order valence-electron chi connectivity index (χ4n) is 6.64. The van der Waals surface area contributed by atoms with Crippen molar-refractivity contribution in [2.75, 3.05) is 51.4 Å². The van der Waals surface area contributed by atoms with Gasteiger partial charge in [0.2, 0.25) is 0 Å². The first-order valence-corrected chi connectivity index (χ1v) is 23.1. The molecule has 0 aromatic heterocycles. The van der Waals surface area contributed by atoms with Crippen LogP contribution in [-0.4, -0.2) is 117 Å². The van der Waals surface area contributed by atoms with Crippen molar-refractivity contribution in [1.82, 2.24) is 4.90 Å². The number of rotatable bonds is 26. The molecule has 6 atom stereocenters. The maximum atomic E-state index is 12.5. The topological polar surface area (TPSA) is 229 Å². The highest BCUT2D eigenvalue weighted by Crippen LogP contribution is 2.34. The van der Waals surface area contributed by atoms with Gasteiger partial charge in [0, 0.05) is 11.4 Å². The van der Waals surface area contributed by atoms with Crippen molar-refractivity contribution in [3.05, 3.63) is 12.7 Å². The Bertz CT molecular complexity index is 1340. The van der Waals surface area contributed by atoms with Gasteiger partial charge in [0.1, 0.15) is 26.4 Å². The van der Waals surface area contributed by atoms with Crippen molar-refractivity contribution in [2.45, 2.75) is 135 Å². The number of hydrogen-bond acceptors (Lipinski definition) is 17. The molecular formula is C46H80BrNO16. The molecule has 0 spiro atoms. The van der Waals surface area contributed by atoms with Crippen LogP contribution in [0.1, 0.15) is 123 Å². The van der Waals surface area contributed by atoms with Crippen LogP contribution >= 0.6 is 15.9 Å². The van der Waals surface area contributed by atoms with E-state index < -0.39 is 29.6 Å². The molecule has 0 rings (SSSR count). The number of halogens is 1. The maximum Gasteiger partial charge on any atom is 0.373 e. The third-order valence-electron chi connectivity index (χ3n) is 9.53. The Labute approximate surface area is 390 Å². The van der Waals surface area contributed by atoms with Gasteiger partial charge < -0.3 is 33.3 Å². The fraction of sp³-hybridized carbons (Fsp3) is 0.783. The highest BCUT2D eigenvalue weighted by atomic mass is 79.9. The van der Waals surface area contributed by atoms with Gasteiger partial charge in [-0.25, -0.2) is 4.79 Å². The van der Waals surface area contributed by atoms with Crippen LogP contribution in [0.15, 0.2) is 12.7 Å². The Morgan fingerprint density at radius 1 is 0.547 bits per heavy atom. The lowest BCUT2D eigenvalue weighted by molar-refractivity contribution is -0.193. The molecular weight excluding hydrogens is 902 g/mol. The molecule has 0 aliphatic rings. The van der Waals surface area contributed by atoms with Crippen LogP contribution in [0.25, 0.3) is 0 Å². The number of ether oxygens (including phenoxy) is 6. The van der Waals surface area contributed by atoms with Gasteiger partial charge in [-0.15, -0.1) is 0 Å². The van der Waals surface area contributed by atoms with E-state index in [2.05, 4.69) is 48.2 Å². The van der Waals surface area contributed by atoms with E-state index in [-0.39, 0.29) is 111 Å². The number of esters is 6. The van der Waals surface area contributed by atoms with Gasteiger partial charge in [0.25, 0.3) is 0 Å². The van der Waals surface area contributed by atoms with E-state index in [1.54, 1.807) is 41.5 Å². The molecule has 0 aromatic carbocycles. The van der Waals surface area contributed by atoms with Crippen LogP contribution in [0.3, 0.4) is 0 Å². The second-order valence-corrected chi connectivity index (χ2v) is 16.2. The quantitative estimate of drug-likeness (QED) is 0.0277. The third-order valence-corrected chi connectivity index (χ3v) is 9.92. The van der Waals surface area contributed by atoms with E-state index in [0.29, 0.717) is 18.2 Å². The van der Waals surface area contributed by atoms with Gasteiger partial charge in [-0.1, -0.05) is 98.7 Å². The first-order chi connectivity index (χ1) is 30.0. The van der Waals surface area contributed by atoms with E-state index >= 15 is 0 Å². The minimum absolute atomic E-state index is 0.0129. The van der Waals surface area contributed by atoms with E-state index in [0.717, 1.165) is 6.08 Å². The average molecular weight is 983 g/mol. The molecule has 0 aliphatic heterocycles. The highest BCUT2D eigenvalue weighted by molar-refractivity contribution is 9.09. The molecule has 64 heavy (non-hydrogen) atoms. The molecule has 0 N–H and O–H groups in total. The molecule has 0 heterocycles. The molecule has 372 valence electrons. The molecule has 0 fully saturated rings. The summed E-state index contributed by atoms with van der Waals surface area (Å²) in [6.45, 7) is 35.9. The number of alkyl halides is 1. The van der Waals surface area contributed by atoms with Crippen molar-refractivity contribution >= 4 is 64.0 Å². The zero-order valence-electron chi connectivity index (χ0n) is 41.2. The Morgan fingerprint density at radius 3 is 1.09 bits per heavy atom. The minimum atomic E-state index is -0.562. The van der Waals surface area contributed by atoms with Gasteiger partial charge in [-0.2, -0.15) is 19.2 Å². The predicted molar refractivity (Wildman–Crippen MR) is 241 cm³/mol. The summed E-state index contributed by atoms with van der Waals surface area (Å²) in [7, 11) is 0. The standard InChI is InChI=1S/C19H33BrO6.C19H32O6.C6H15N.2CO2/c1-7-15(19(23)25-11-10-24-16(21)8-9-20)17(12(2)3)14(6)18(22)26-13(4)5;1-8-15(19(22)24-11-10-23-16(20)9-2)17(12(3)4)14(7)18(21)25-13(5)6;1-4-7(5-2)6-3;2*2-1-3/h12-15,17H,7-11H2,1-6H3;9,12-15,17H,2,8,10-11H2,1,3-7H3;4-6H2,1-3H3;;. The number of hydrogen-bond donors (Lipinski definition) is 0. The molecule has 0 amide bonds. The van der Waals surface area contributed by atoms with E-state index in [1.807, 2.05) is 41.5 Å². The summed E-state index contributed by atoms with van der Waals surface area (Å²) in [4.78, 5) is 107. The molecule has 6 unspecified atom stereocenters. The van der Waals surface area contributed by atoms with Crippen molar-refractivity contribution in [3.63, 3.8) is 0 Å². The summed E-state index contributed by atoms with van der Waals surface area (Å²) in [5.74, 6) is -4.10. The molecule has 18 heteroatoms. The Kier molecular flexibility index (Phi) is 47.3. The Hall–Kier alpha value is -4.24. The lowest BCUT2D eigenvalue weighted by Crippen LogP contribution is -2.38. The third kappa shape index (κ3) is 35.2. The van der Waals surface area contributed by atoms with Crippen molar-refractivity contribution in [1.29, 1.82) is 0 Å². The van der Waals surface area contributed by atoms with Gasteiger partial charge >= 0.3 is 48.1 Å². The summed E-state index contributed by atoms with van der Waals surface area (Å²) >= 11 is 3.16. The Morgan fingerprint density at radius 2 is 0.859 bits per heavy atom. The van der Waals surface area contributed by atoms with Gasteiger partial charge in [0.15, 0.2) is 0 Å². The number of nitrogens with zero attached hydrogens (tertiary/aromatic N) is 1. The van der Waals surface area contributed by atoms with Crippen LogP contribution in [0.5, 0.6) is 0 Å². The smallest absolute Gasteiger partial charge is 0.373 e. The summed E-state index contributed by atoms with van der Waals surface area (Å²) in [5.41, 5.74) is 0. The van der Waals surface area contributed by atoms with Crippen LogP contribution in [0.4, 0.5) is 0 Å². The summed E-state index contributed by atoms with van der Waals surface area (Å²) < 4.78 is 30.9. The first-order valence-electron chi connectivity index (χ1n) is 21.9. The molecule has 0 aromatic rings. The molecule has 0 aliphatic carbocycles. The number of carbonyl (C=O) groups is 6. The van der Waals surface area contributed by atoms with Crippen molar-refractivity contribution < 1.29 is 76.4 Å². The molecule has 0 saturated carbocycles. The zero-order valence-corrected chi connectivity index (χ0v) is 42.8. The van der Waals surface area contributed by atoms with E-state index in [9.17, 15) is 28.8 Å². The summed E-state index contributed by atoms with van der Waals surface area (Å²) in [6, 6.07) is 0. The molecule has 17 nitrogen and oxygen atoms in total. The van der Waals surface area contributed by atoms with E-state index in [4.69, 9.17) is 47.6 Å². The van der Waals surface area contributed by atoms with Crippen LogP contribution in [0, 0.1) is 47.3 Å². The van der Waals surface area contributed by atoms with Crippen molar-refractivity contribution in [3.8, 4) is 0 Å². The highest BCUT2D eigenvalue weighted by Gasteiger charge is 2.39. The summed E-state index contributed by atoms with van der Waals surface area (Å²) in [5, 5.41) is 0.532. The zero-order chi connectivity index (χ0) is 51.0. The van der Waals surface area contributed by atoms with Gasteiger partial charge in [-0.05, 0) is 83.8 Å². The predicted octanol–water partition coefficient (Wildman–Crippen LogP) is 7.07. The fourth-order valence-corrected chi connectivity index (χ4v) is 6.97. The molecule has 0 bridgehead atoms. The lowest BCUT2D eigenvalue weighted by atomic mass is 9.74. The van der Waals surface area contributed by atoms with Crippen LogP contribution in [0.2, 0.25) is 0 Å². The molecule has 0 saturated heterocycles.